The highest BCUT2D eigenvalue weighted by atomic mass is 35.5. The van der Waals surface area contributed by atoms with Gasteiger partial charge in [-0.25, -0.2) is 8.42 Å². The van der Waals surface area contributed by atoms with Gasteiger partial charge in [0.05, 0.1) is 10.3 Å². The van der Waals surface area contributed by atoms with Crippen molar-refractivity contribution in [3.63, 3.8) is 0 Å². The molecule has 4 rings (SSSR count). The van der Waals surface area contributed by atoms with Gasteiger partial charge in [0.25, 0.3) is 0 Å². The summed E-state index contributed by atoms with van der Waals surface area (Å²) in [5.41, 5.74) is 1.02. The van der Waals surface area contributed by atoms with E-state index in [1.165, 1.54) is 4.31 Å². The van der Waals surface area contributed by atoms with Gasteiger partial charge in [-0.2, -0.15) is 4.31 Å². The largest absolute Gasteiger partial charge is 0.325 e. The number of benzene rings is 2. The van der Waals surface area contributed by atoms with E-state index in [1.54, 1.807) is 36.4 Å². The molecule has 1 amide bonds. The van der Waals surface area contributed by atoms with Gasteiger partial charge in [0.15, 0.2) is 0 Å². The lowest BCUT2D eigenvalue weighted by Crippen LogP contribution is -2.46. The predicted octanol–water partition coefficient (Wildman–Crippen LogP) is 2.95. The number of halogens is 1. The van der Waals surface area contributed by atoms with Crippen molar-refractivity contribution in [1.29, 1.82) is 0 Å². The van der Waals surface area contributed by atoms with Crippen molar-refractivity contribution in [3.8, 4) is 0 Å². The van der Waals surface area contributed by atoms with Crippen LogP contribution in [0.5, 0.6) is 0 Å². The average Bonchev–Trinajstić information content (AvgIpc) is 3.51. The maximum absolute atomic E-state index is 12.9. The minimum atomic E-state index is -3.51. The van der Waals surface area contributed by atoms with Crippen LogP contribution < -0.4 is 5.32 Å². The van der Waals surface area contributed by atoms with Gasteiger partial charge >= 0.3 is 0 Å². The second-order valence-corrected chi connectivity index (χ2v) is 10.1. The molecule has 0 spiro atoms. The van der Waals surface area contributed by atoms with Crippen molar-refractivity contribution in [3.05, 3.63) is 59.1 Å². The van der Waals surface area contributed by atoms with E-state index >= 15 is 0 Å². The Balaban J connectivity index is 1.46. The SMILES string of the molecule is CN1CCN(S(=O)(=O)c2ccc(NC(=O)C3(c4ccc(Cl)cc4)CC3)cc2)CC1. The van der Waals surface area contributed by atoms with Crippen LogP contribution in [0.3, 0.4) is 0 Å². The van der Waals surface area contributed by atoms with Crippen molar-refractivity contribution in [2.75, 3.05) is 38.5 Å². The lowest BCUT2D eigenvalue weighted by atomic mass is 9.95. The number of piperazine rings is 1. The first-order valence-electron chi connectivity index (χ1n) is 9.68. The van der Waals surface area contributed by atoms with Crippen LogP contribution in [0.25, 0.3) is 0 Å². The molecule has 0 bridgehead atoms. The fraction of sp³-hybridized carbons (Fsp3) is 0.381. The van der Waals surface area contributed by atoms with E-state index in [2.05, 4.69) is 10.2 Å². The number of sulfonamides is 1. The molecule has 2 aromatic carbocycles. The average molecular weight is 434 g/mol. The van der Waals surface area contributed by atoms with Gasteiger partial charge in [0, 0.05) is 36.9 Å². The number of carbonyl (C=O) groups excluding carboxylic acids is 1. The number of likely N-dealkylation sites (N-methyl/N-ethyl adjacent to an activating group) is 1. The summed E-state index contributed by atoms with van der Waals surface area (Å²) in [5.74, 6) is -0.0745. The lowest BCUT2D eigenvalue weighted by Gasteiger charge is -2.31. The summed E-state index contributed by atoms with van der Waals surface area (Å²) in [5, 5.41) is 3.58. The van der Waals surface area contributed by atoms with Gasteiger partial charge in [-0.05, 0) is 61.9 Å². The fourth-order valence-electron chi connectivity index (χ4n) is 3.68. The van der Waals surface area contributed by atoms with Crippen molar-refractivity contribution < 1.29 is 13.2 Å². The van der Waals surface area contributed by atoms with Crippen LogP contribution in [0.2, 0.25) is 5.02 Å². The number of nitrogens with zero attached hydrogens (tertiary/aromatic N) is 2. The molecular formula is C21H24ClN3O3S. The molecule has 2 fully saturated rings. The molecule has 1 saturated carbocycles. The highest BCUT2D eigenvalue weighted by molar-refractivity contribution is 7.89. The Morgan fingerprint density at radius 1 is 0.966 bits per heavy atom. The topological polar surface area (TPSA) is 69.7 Å². The Morgan fingerprint density at radius 2 is 1.55 bits per heavy atom. The van der Waals surface area contributed by atoms with Crippen molar-refractivity contribution in [2.24, 2.45) is 0 Å². The molecule has 1 saturated heterocycles. The molecule has 1 aliphatic carbocycles. The minimum absolute atomic E-state index is 0.0745. The van der Waals surface area contributed by atoms with E-state index < -0.39 is 15.4 Å². The van der Waals surface area contributed by atoms with E-state index in [9.17, 15) is 13.2 Å². The normalized spacial score (nSPS) is 19.7. The van der Waals surface area contributed by atoms with Crippen LogP contribution in [0, 0.1) is 0 Å². The number of nitrogens with one attached hydrogen (secondary N) is 1. The number of carbonyl (C=O) groups is 1. The molecule has 1 N–H and O–H groups in total. The Labute approximate surface area is 176 Å². The molecular weight excluding hydrogens is 410 g/mol. The van der Waals surface area contributed by atoms with Gasteiger partial charge in [0.1, 0.15) is 0 Å². The highest BCUT2D eigenvalue weighted by Gasteiger charge is 2.51. The number of amides is 1. The molecule has 8 heteroatoms. The molecule has 2 aromatic rings. The van der Waals surface area contributed by atoms with Crippen LogP contribution in [-0.2, 0) is 20.2 Å². The monoisotopic (exact) mass is 433 g/mol. The van der Waals surface area contributed by atoms with E-state index in [0.717, 1.165) is 31.5 Å². The predicted molar refractivity (Wildman–Crippen MR) is 114 cm³/mol. The van der Waals surface area contributed by atoms with Crippen LogP contribution in [0.4, 0.5) is 5.69 Å². The summed E-state index contributed by atoms with van der Waals surface area (Å²) in [6, 6.07) is 13.8. The summed E-state index contributed by atoms with van der Waals surface area (Å²) in [4.78, 5) is 15.2. The third-order valence-corrected chi connectivity index (χ3v) is 7.96. The molecule has 154 valence electrons. The number of rotatable bonds is 5. The molecule has 0 atom stereocenters. The van der Waals surface area contributed by atoms with E-state index in [1.807, 2.05) is 19.2 Å². The molecule has 0 unspecified atom stereocenters. The van der Waals surface area contributed by atoms with Gasteiger partial charge in [-0.3, -0.25) is 4.79 Å². The maximum Gasteiger partial charge on any atom is 0.243 e. The van der Waals surface area contributed by atoms with Crippen LogP contribution in [-0.4, -0.2) is 56.8 Å². The molecule has 1 heterocycles. The first-order chi connectivity index (χ1) is 13.8. The third kappa shape index (κ3) is 4.05. The van der Waals surface area contributed by atoms with Crippen molar-refractivity contribution in [2.45, 2.75) is 23.2 Å². The highest BCUT2D eigenvalue weighted by Crippen LogP contribution is 2.49. The summed E-state index contributed by atoms with van der Waals surface area (Å²) < 4.78 is 27.2. The van der Waals surface area contributed by atoms with Crippen molar-refractivity contribution in [1.82, 2.24) is 9.21 Å². The summed E-state index contributed by atoms with van der Waals surface area (Å²) >= 11 is 5.95. The number of hydrogen-bond donors (Lipinski definition) is 1. The lowest BCUT2D eigenvalue weighted by molar-refractivity contribution is -0.118. The van der Waals surface area contributed by atoms with E-state index in [-0.39, 0.29) is 10.8 Å². The number of anilines is 1. The van der Waals surface area contributed by atoms with Gasteiger partial charge in [0.2, 0.25) is 15.9 Å². The Kier molecular flexibility index (Phi) is 5.42. The smallest absolute Gasteiger partial charge is 0.243 e. The standard InChI is InChI=1S/C21H24ClN3O3S/c1-24-12-14-25(15-13-24)29(27,28)19-8-6-18(7-9-19)23-20(26)21(10-11-21)16-2-4-17(22)5-3-16/h2-9H,10-15H2,1H3,(H,23,26). The second-order valence-electron chi connectivity index (χ2n) is 7.77. The Hall–Kier alpha value is -1.93. The molecule has 2 aliphatic rings. The Morgan fingerprint density at radius 3 is 2.10 bits per heavy atom. The van der Waals surface area contributed by atoms with Crippen LogP contribution in [0.1, 0.15) is 18.4 Å². The summed E-state index contributed by atoms with van der Waals surface area (Å²) in [6.45, 7) is 2.42. The molecule has 29 heavy (non-hydrogen) atoms. The zero-order valence-electron chi connectivity index (χ0n) is 16.3. The number of hydrogen-bond acceptors (Lipinski definition) is 4. The zero-order chi connectivity index (χ0) is 20.6. The third-order valence-electron chi connectivity index (χ3n) is 5.79. The fourth-order valence-corrected chi connectivity index (χ4v) is 5.23. The zero-order valence-corrected chi connectivity index (χ0v) is 17.8. The van der Waals surface area contributed by atoms with Crippen LogP contribution in [0.15, 0.2) is 53.4 Å². The van der Waals surface area contributed by atoms with E-state index in [4.69, 9.17) is 11.6 Å². The second kappa shape index (κ2) is 7.72. The van der Waals surface area contributed by atoms with Gasteiger partial charge in [-0.1, -0.05) is 23.7 Å². The van der Waals surface area contributed by atoms with E-state index in [0.29, 0.717) is 23.8 Å². The maximum atomic E-state index is 12.9. The van der Waals surface area contributed by atoms with Crippen LogP contribution >= 0.6 is 11.6 Å². The molecule has 6 nitrogen and oxygen atoms in total. The first kappa shape index (κ1) is 20.3. The summed E-state index contributed by atoms with van der Waals surface area (Å²) in [7, 11) is -1.53. The molecule has 0 aromatic heterocycles. The van der Waals surface area contributed by atoms with Gasteiger partial charge in [-0.15, -0.1) is 0 Å². The first-order valence-corrected chi connectivity index (χ1v) is 11.5. The molecule has 0 radical (unpaired) electrons. The molecule has 1 aliphatic heterocycles. The van der Waals surface area contributed by atoms with Gasteiger partial charge < -0.3 is 10.2 Å². The van der Waals surface area contributed by atoms with Crippen molar-refractivity contribution >= 4 is 33.2 Å². The Bertz CT molecular complexity index is 994. The quantitative estimate of drug-likeness (QED) is 0.787. The summed E-state index contributed by atoms with van der Waals surface area (Å²) in [6.07, 6.45) is 1.58. The minimum Gasteiger partial charge on any atom is -0.325 e.